The number of thiazole rings is 1. The van der Waals surface area contributed by atoms with Crippen LogP contribution in [-0.4, -0.2) is 80.1 Å². The predicted octanol–water partition coefficient (Wildman–Crippen LogP) is 6.07. The summed E-state index contributed by atoms with van der Waals surface area (Å²) < 4.78 is 13.7. The van der Waals surface area contributed by atoms with Gasteiger partial charge in [0.2, 0.25) is 0 Å². The van der Waals surface area contributed by atoms with Crippen LogP contribution in [0, 0.1) is 0 Å². The van der Waals surface area contributed by atoms with Crippen LogP contribution in [0.15, 0.2) is 24.4 Å². The number of rotatable bonds is 8. The van der Waals surface area contributed by atoms with Gasteiger partial charge in [-0.2, -0.15) is 11.8 Å². The van der Waals surface area contributed by atoms with E-state index in [1.54, 1.807) is 21.6 Å². The summed E-state index contributed by atoms with van der Waals surface area (Å²) in [5.41, 5.74) is 1.75. The number of ether oxygens (including phenoxy) is 2. The van der Waals surface area contributed by atoms with Crippen LogP contribution in [-0.2, 0) is 16.0 Å². The van der Waals surface area contributed by atoms with Crippen LogP contribution in [0.5, 0.6) is 0 Å². The number of carbonyl (C=O) groups excluding carboxylic acids is 2. The number of thioether (sulfide) groups is 1. The lowest BCUT2D eigenvalue weighted by Gasteiger charge is -2.33. The smallest absolute Gasteiger partial charge is 0.410 e. The zero-order valence-electron chi connectivity index (χ0n) is 23.8. The van der Waals surface area contributed by atoms with Crippen molar-refractivity contribution in [3.05, 3.63) is 34.8 Å². The van der Waals surface area contributed by atoms with E-state index < -0.39 is 5.60 Å². The molecule has 1 fully saturated rings. The van der Waals surface area contributed by atoms with Crippen molar-refractivity contribution in [1.29, 1.82) is 0 Å². The topological polar surface area (TPSA) is 76.4 Å². The van der Waals surface area contributed by atoms with E-state index in [0.717, 1.165) is 34.4 Å². The first-order valence-electron chi connectivity index (χ1n) is 13.0. The van der Waals surface area contributed by atoms with Gasteiger partial charge in [0.1, 0.15) is 10.5 Å². The summed E-state index contributed by atoms with van der Waals surface area (Å²) in [6.45, 7) is 14.2. The number of hydrogen-bond acceptors (Lipinski definition) is 7. The Morgan fingerprint density at radius 1 is 1.26 bits per heavy atom. The van der Waals surface area contributed by atoms with Crippen LogP contribution in [0.25, 0.3) is 16.0 Å². The summed E-state index contributed by atoms with van der Waals surface area (Å²) in [5, 5.41) is 0. The normalized spacial score (nSPS) is 18.3. The van der Waals surface area contributed by atoms with Gasteiger partial charge in [0.15, 0.2) is 4.96 Å². The monoisotopic (exact) mass is 560 g/mol. The highest BCUT2D eigenvalue weighted by molar-refractivity contribution is 7.99. The minimum Gasteiger partial charge on any atom is -0.444 e. The largest absolute Gasteiger partial charge is 0.444 e. The quantitative estimate of drug-likeness (QED) is 0.333. The van der Waals surface area contributed by atoms with Crippen LogP contribution < -0.4 is 0 Å². The summed E-state index contributed by atoms with van der Waals surface area (Å²) in [7, 11) is 1.85. The van der Waals surface area contributed by atoms with Crippen LogP contribution in [0.1, 0.15) is 69.6 Å². The molecule has 1 aromatic carbocycles. The van der Waals surface area contributed by atoms with Gasteiger partial charge >= 0.3 is 6.09 Å². The predicted molar refractivity (Wildman–Crippen MR) is 155 cm³/mol. The molecule has 4 rings (SSSR count). The van der Waals surface area contributed by atoms with E-state index in [-0.39, 0.29) is 22.3 Å². The lowest BCUT2D eigenvalue weighted by atomic mass is 10.0. The Morgan fingerprint density at radius 3 is 2.63 bits per heavy atom. The molecule has 0 bridgehead atoms. The first-order chi connectivity index (χ1) is 17.7. The van der Waals surface area contributed by atoms with Crippen LogP contribution in [0.2, 0.25) is 0 Å². The first-order valence-corrected chi connectivity index (χ1v) is 15.1. The highest BCUT2D eigenvalue weighted by Crippen LogP contribution is 2.30. The highest BCUT2D eigenvalue weighted by Gasteiger charge is 2.35. The van der Waals surface area contributed by atoms with Crippen LogP contribution in [0.3, 0.4) is 0 Å². The fourth-order valence-corrected chi connectivity index (χ4v) is 6.06. The molecule has 0 radical (unpaired) electrons. The lowest BCUT2D eigenvalue weighted by Crippen LogP contribution is -2.45. The van der Waals surface area contributed by atoms with Crippen LogP contribution in [0.4, 0.5) is 4.79 Å². The zero-order valence-corrected chi connectivity index (χ0v) is 25.4. The van der Waals surface area contributed by atoms with E-state index in [1.807, 2.05) is 56.6 Å². The number of nitrogens with zero attached hydrogens (tertiary/aromatic N) is 4. The van der Waals surface area contributed by atoms with E-state index in [4.69, 9.17) is 14.5 Å². The van der Waals surface area contributed by atoms with Crippen LogP contribution >= 0.6 is 23.1 Å². The zero-order chi connectivity index (χ0) is 27.9. The standard InChI is InChI=1S/C28H40N4O4S2/c1-26(2,3)36-25(34)31(18-28(6)12-9-13-35-28)15-19-10-11-20-21(14-19)32-16-22(38-24(32)29-20)23(33)30(7)17-27(4,5)37-8/h10-11,14,16H,9,12-13,15,17-18H2,1-8H3/t28-/m1/s1. The fraction of sp³-hybridized carbons (Fsp3) is 0.607. The Bertz CT molecular complexity index is 1320. The van der Waals surface area contributed by atoms with Crippen molar-refractivity contribution < 1.29 is 19.1 Å². The first kappa shape index (κ1) is 28.7. The summed E-state index contributed by atoms with van der Waals surface area (Å²) in [4.78, 5) is 36.0. The Kier molecular flexibility index (Phi) is 8.08. The van der Waals surface area contributed by atoms with Gasteiger partial charge in [-0.05, 0) is 78.3 Å². The second-order valence-corrected chi connectivity index (χ2v) is 14.6. The molecule has 0 N–H and O–H groups in total. The number of carbonyl (C=O) groups is 2. The van der Waals surface area contributed by atoms with Crippen molar-refractivity contribution in [1.82, 2.24) is 19.2 Å². The summed E-state index contributed by atoms with van der Waals surface area (Å²) in [5.74, 6) is -0.00663. The third-order valence-electron chi connectivity index (χ3n) is 6.75. The van der Waals surface area contributed by atoms with Gasteiger partial charge in [-0.25, -0.2) is 9.78 Å². The fourth-order valence-electron chi connectivity index (χ4n) is 4.75. The second kappa shape index (κ2) is 10.7. The molecule has 2 amide bonds. The molecule has 0 unspecified atom stereocenters. The van der Waals surface area contributed by atoms with Gasteiger partial charge in [0, 0.05) is 37.7 Å². The van der Waals surface area contributed by atoms with Gasteiger partial charge in [0.25, 0.3) is 5.91 Å². The van der Waals surface area contributed by atoms with Gasteiger partial charge in [-0.15, -0.1) is 0 Å². The van der Waals surface area contributed by atoms with Gasteiger partial charge in [-0.1, -0.05) is 17.4 Å². The Labute approximate surface area is 233 Å². The maximum atomic E-state index is 13.2. The van der Waals surface area contributed by atoms with Gasteiger partial charge < -0.3 is 19.3 Å². The number of hydrogen-bond donors (Lipinski definition) is 0. The molecule has 3 aromatic rings. The molecule has 2 aromatic heterocycles. The molecule has 3 heterocycles. The number of benzene rings is 1. The van der Waals surface area contributed by atoms with E-state index in [2.05, 4.69) is 27.0 Å². The summed E-state index contributed by atoms with van der Waals surface area (Å²) >= 11 is 3.14. The van der Waals surface area contributed by atoms with Crippen molar-refractivity contribution in [3.63, 3.8) is 0 Å². The van der Waals surface area contributed by atoms with Crippen molar-refractivity contribution in [3.8, 4) is 0 Å². The Morgan fingerprint density at radius 2 is 2.00 bits per heavy atom. The molecule has 1 atom stereocenters. The van der Waals surface area contributed by atoms with E-state index in [1.165, 1.54) is 11.3 Å². The minimum absolute atomic E-state index is 0.00663. The molecule has 0 saturated carbocycles. The Hall–Kier alpha value is -2.30. The maximum absolute atomic E-state index is 13.2. The van der Waals surface area contributed by atoms with Gasteiger partial charge in [0.05, 0.1) is 23.2 Å². The second-order valence-electron chi connectivity index (χ2n) is 12.0. The molecule has 8 nitrogen and oxygen atoms in total. The average molecular weight is 561 g/mol. The number of amides is 2. The minimum atomic E-state index is -0.591. The average Bonchev–Trinajstić information content (AvgIpc) is 3.51. The molecule has 10 heteroatoms. The van der Waals surface area contributed by atoms with Crippen molar-refractivity contribution in [2.24, 2.45) is 0 Å². The van der Waals surface area contributed by atoms with E-state index in [0.29, 0.717) is 31.1 Å². The molecule has 208 valence electrons. The SMILES string of the molecule is CSC(C)(C)CN(C)C(=O)c1cn2c(nc3ccc(CN(C[C@@]4(C)CCCO4)C(=O)OC(C)(C)C)cc32)s1. The molecule has 1 aliphatic rings. The molecule has 38 heavy (non-hydrogen) atoms. The van der Waals surface area contributed by atoms with Crippen molar-refractivity contribution in [2.45, 2.75) is 76.9 Å². The number of imidazole rings is 1. The third-order valence-corrected chi connectivity index (χ3v) is 8.95. The van der Waals surface area contributed by atoms with Crippen molar-refractivity contribution in [2.75, 3.05) is 33.0 Å². The molecule has 1 saturated heterocycles. The molecular weight excluding hydrogens is 520 g/mol. The highest BCUT2D eigenvalue weighted by atomic mass is 32.2. The molecular formula is C28H40N4O4S2. The lowest BCUT2D eigenvalue weighted by molar-refractivity contribution is -0.0260. The molecule has 0 aliphatic carbocycles. The third kappa shape index (κ3) is 6.63. The number of fused-ring (bicyclic) bond motifs is 3. The summed E-state index contributed by atoms with van der Waals surface area (Å²) in [6.07, 6.45) is 5.48. The van der Waals surface area contributed by atoms with E-state index in [9.17, 15) is 9.59 Å². The van der Waals surface area contributed by atoms with Gasteiger partial charge in [-0.3, -0.25) is 9.20 Å². The maximum Gasteiger partial charge on any atom is 0.410 e. The molecule has 1 aliphatic heterocycles. The summed E-state index contributed by atoms with van der Waals surface area (Å²) in [6, 6.07) is 6.02. The number of aromatic nitrogens is 2. The van der Waals surface area contributed by atoms with Crippen molar-refractivity contribution >= 4 is 51.1 Å². The molecule has 0 spiro atoms. The Balaban J connectivity index is 1.60. The van der Waals surface area contributed by atoms with E-state index >= 15 is 0 Å².